The number of anilines is 1. The summed E-state index contributed by atoms with van der Waals surface area (Å²) in [5.74, 6) is 5.54. The van der Waals surface area contributed by atoms with Gasteiger partial charge in [0.15, 0.2) is 0 Å². The summed E-state index contributed by atoms with van der Waals surface area (Å²) in [6.45, 7) is 1.98. The van der Waals surface area contributed by atoms with Crippen LogP contribution in [0.4, 0.5) is 5.82 Å². The fourth-order valence-electron chi connectivity index (χ4n) is 1.81. The molecule has 0 unspecified atom stereocenters. The van der Waals surface area contributed by atoms with E-state index in [0.717, 1.165) is 11.1 Å². The monoisotopic (exact) mass is 327 g/mol. The van der Waals surface area contributed by atoms with E-state index in [2.05, 4.69) is 21.2 Å². The van der Waals surface area contributed by atoms with Crippen molar-refractivity contribution in [3.05, 3.63) is 58.8 Å². The molecule has 0 aliphatic heterocycles. The van der Waals surface area contributed by atoms with Gasteiger partial charge in [-0.25, -0.2) is 9.19 Å². The van der Waals surface area contributed by atoms with Crippen LogP contribution in [0.25, 0.3) is 0 Å². The molecule has 0 spiro atoms. The molecule has 1 amide bonds. The van der Waals surface area contributed by atoms with Gasteiger partial charge in [0.1, 0.15) is 5.82 Å². The largest absolute Gasteiger partial charge is 0.383 e. The minimum absolute atomic E-state index is 0.212. The number of amides is 1. The van der Waals surface area contributed by atoms with Gasteiger partial charge in [-0.15, -0.1) is 0 Å². The van der Waals surface area contributed by atoms with Gasteiger partial charge >= 0.3 is 0 Å². The Kier molecular flexibility index (Phi) is 4.82. The van der Waals surface area contributed by atoms with E-state index in [1.165, 1.54) is 24.8 Å². The van der Waals surface area contributed by atoms with Gasteiger partial charge in [0.2, 0.25) is 0 Å². The second kappa shape index (κ2) is 6.63. The number of nitrogens with zero attached hydrogens (tertiary/aromatic N) is 2. The highest BCUT2D eigenvalue weighted by atomic mass is 32.2. The highest BCUT2D eigenvalue weighted by Gasteiger charge is 2.09. The van der Waals surface area contributed by atoms with Crippen LogP contribution in [-0.2, 0) is 9.73 Å². The summed E-state index contributed by atoms with van der Waals surface area (Å²) < 4.78 is 15.2. The number of nitrogens with two attached hydrogens (primary N) is 1. The van der Waals surface area contributed by atoms with Crippen LogP contribution in [0.5, 0.6) is 0 Å². The molecule has 2 N–H and O–H groups in total. The topological polar surface area (TPSA) is 85.4 Å². The maximum Gasteiger partial charge on any atom is 0.286 e. The zero-order valence-corrected chi connectivity index (χ0v) is 14.0. The summed E-state index contributed by atoms with van der Waals surface area (Å²) in [5, 5.41) is 0. The molecule has 1 heterocycles. The third kappa shape index (κ3) is 4.94. The van der Waals surface area contributed by atoms with Crippen molar-refractivity contribution in [3.8, 4) is 11.8 Å². The summed E-state index contributed by atoms with van der Waals surface area (Å²) in [4.78, 5) is 15.9. The second-order valence-corrected chi connectivity index (χ2v) is 7.90. The van der Waals surface area contributed by atoms with Gasteiger partial charge in [-0.1, -0.05) is 24.0 Å². The van der Waals surface area contributed by atoms with Crippen LogP contribution in [0.1, 0.15) is 27.0 Å². The van der Waals surface area contributed by atoms with Gasteiger partial charge in [0.05, 0.1) is 11.1 Å². The number of carbonyl (C=O) groups excluding carboxylic acids is 1. The summed E-state index contributed by atoms with van der Waals surface area (Å²) in [6.07, 6.45) is 4.10. The fourth-order valence-corrected chi connectivity index (χ4v) is 2.31. The molecule has 2 rings (SSSR count). The average molecular weight is 327 g/mol. The zero-order chi connectivity index (χ0) is 17.0. The molecular weight excluding hydrogens is 310 g/mol. The van der Waals surface area contributed by atoms with Crippen LogP contribution in [-0.4, -0.2) is 27.6 Å². The molecule has 0 atom stereocenters. The van der Waals surface area contributed by atoms with E-state index in [4.69, 9.17) is 5.73 Å². The van der Waals surface area contributed by atoms with Gasteiger partial charge in [-0.3, -0.25) is 4.79 Å². The van der Waals surface area contributed by atoms with Crippen LogP contribution < -0.4 is 5.73 Å². The van der Waals surface area contributed by atoms with E-state index in [1.807, 2.05) is 31.2 Å². The Labute approximate surface area is 136 Å². The van der Waals surface area contributed by atoms with E-state index >= 15 is 0 Å². The molecule has 1 aromatic carbocycles. The lowest BCUT2D eigenvalue weighted by Gasteiger charge is -2.01. The van der Waals surface area contributed by atoms with Gasteiger partial charge < -0.3 is 5.73 Å². The number of carbonyl (C=O) groups is 1. The molecule has 0 saturated carbocycles. The Bertz CT molecular complexity index is 938. The normalized spacial score (nSPS) is 10.6. The molecule has 0 aliphatic rings. The van der Waals surface area contributed by atoms with Crippen molar-refractivity contribution >= 4 is 21.5 Å². The van der Waals surface area contributed by atoms with E-state index in [0.29, 0.717) is 5.56 Å². The highest BCUT2D eigenvalue weighted by Crippen LogP contribution is 2.12. The van der Waals surface area contributed by atoms with Crippen molar-refractivity contribution in [1.82, 2.24) is 4.98 Å². The van der Waals surface area contributed by atoms with E-state index in [9.17, 15) is 9.00 Å². The summed E-state index contributed by atoms with van der Waals surface area (Å²) in [5.41, 5.74) is 8.39. The molecular formula is C17H17N3O2S. The van der Waals surface area contributed by atoms with E-state index in [1.54, 1.807) is 0 Å². The quantitative estimate of drug-likeness (QED) is 0.814. The van der Waals surface area contributed by atoms with Gasteiger partial charge in [0, 0.05) is 34.0 Å². The Morgan fingerprint density at radius 3 is 2.65 bits per heavy atom. The van der Waals surface area contributed by atoms with Crippen LogP contribution in [0.3, 0.4) is 0 Å². The van der Waals surface area contributed by atoms with Crippen LogP contribution in [0.2, 0.25) is 0 Å². The first-order chi connectivity index (χ1) is 10.7. The SMILES string of the molecule is Cc1cccc(C#Cc2cc(C(=O)N=S(C)(C)=O)cnc2N)c1. The molecule has 0 aliphatic carbocycles. The number of benzene rings is 1. The lowest BCUT2D eigenvalue weighted by molar-refractivity contribution is 0.100. The fraction of sp³-hybridized carbons (Fsp3) is 0.176. The molecule has 6 heteroatoms. The summed E-state index contributed by atoms with van der Waals surface area (Å²) in [6, 6.07) is 9.25. The molecule has 0 fully saturated rings. The molecule has 118 valence electrons. The van der Waals surface area contributed by atoms with Crippen molar-refractivity contribution in [1.29, 1.82) is 0 Å². The molecule has 2 aromatic rings. The van der Waals surface area contributed by atoms with Crippen molar-refractivity contribution in [2.45, 2.75) is 6.92 Å². The number of hydrogen-bond acceptors (Lipinski definition) is 4. The van der Waals surface area contributed by atoms with Crippen molar-refractivity contribution in [3.63, 3.8) is 0 Å². The Balaban J connectivity index is 2.40. The molecule has 23 heavy (non-hydrogen) atoms. The number of pyridine rings is 1. The predicted molar refractivity (Wildman–Crippen MR) is 92.6 cm³/mol. The molecule has 0 saturated heterocycles. The standard InChI is InChI=1S/C17H17N3O2S/c1-12-5-4-6-13(9-12)7-8-14-10-15(11-19-16(14)18)17(21)20-23(2,3)22/h4-6,9-11H,1-3H3,(H2,18,19). The van der Waals surface area contributed by atoms with Gasteiger partial charge in [0.25, 0.3) is 5.91 Å². The van der Waals surface area contributed by atoms with Crippen molar-refractivity contribution < 1.29 is 9.00 Å². The van der Waals surface area contributed by atoms with Crippen LogP contribution in [0, 0.1) is 18.8 Å². The van der Waals surface area contributed by atoms with Gasteiger partial charge in [-0.05, 0) is 30.7 Å². The number of nitrogen functional groups attached to an aromatic ring is 1. The van der Waals surface area contributed by atoms with Crippen molar-refractivity contribution in [2.24, 2.45) is 4.36 Å². The number of rotatable bonds is 1. The first-order valence-electron chi connectivity index (χ1n) is 6.80. The van der Waals surface area contributed by atoms with Crippen molar-refractivity contribution in [2.75, 3.05) is 18.2 Å². The lowest BCUT2D eigenvalue weighted by Crippen LogP contribution is -2.04. The molecule has 1 aromatic heterocycles. The summed E-state index contributed by atoms with van der Waals surface area (Å²) in [7, 11) is -2.52. The maximum absolute atomic E-state index is 12.0. The number of aromatic nitrogens is 1. The first kappa shape index (κ1) is 16.7. The minimum atomic E-state index is -2.52. The van der Waals surface area contributed by atoms with Crippen LogP contribution >= 0.6 is 0 Å². The minimum Gasteiger partial charge on any atom is -0.383 e. The third-order valence-electron chi connectivity index (χ3n) is 2.83. The first-order valence-corrected chi connectivity index (χ1v) is 9.13. The second-order valence-electron chi connectivity index (χ2n) is 5.35. The van der Waals surface area contributed by atoms with Crippen LogP contribution in [0.15, 0.2) is 40.9 Å². The molecule has 0 bridgehead atoms. The number of hydrogen-bond donors (Lipinski definition) is 1. The Morgan fingerprint density at radius 2 is 2.00 bits per heavy atom. The zero-order valence-electron chi connectivity index (χ0n) is 13.2. The lowest BCUT2D eigenvalue weighted by atomic mass is 10.1. The molecule has 5 nitrogen and oxygen atoms in total. The predicted octanol–water partition coefficient (Wildman–Crippen LogP) is 2.24. The molecule has 0 radical (unpaired) electrons. The third-order valence-corrected chi connectivity index (χ3v) is 3.43. The average Bonchev–Trinajstić information content (AvgIpc) is 2.44. The Morgan fingerprint density at radius 1 is 1.26 bits per heavy atom. The highest BCUT2D eigenvalue weighted by molar-refractivity contribution is 7.92. The smallest absolute Gasteiger partial charge is 0.286 e. The van der Waals surface area contributed by atoms with Gasteiger partial charge in [-0.2, -0.15) is 4.36 Å². The Hall–Kier alpha value is -2.65. The van der Waals surface area contributed by atoms with E-state index in [-0.39, 0.29) is 11.4 Å². The summed E-state index contributed by atoms with van der Waals surface area (Å²) >= 11 is 0. The number of aryl methyl sites for hydroxylation is 1. The maximum atomic E-state index is 12.0. The van der Waals surface area contributed by atoms with E-state index < -0.39 is 15.6 Å².